The highest BCUT2D eigenvalue weighted by atomic mass is 16.6. The van der Waals surface area contributed by atoms with Crippen molar-refractivity contribution in [2.75, 3.05) is 13.7 Å². The Bertz CT molecular complexity index is 505. The summed E-state index contributed by atoms with van der Waals surface area (Å²) in [5, 5.41) is 0. The number of hydrogen-bond donors (Lipinski definition) is 0. The van der Waals surface area contributed by atoms with Crippen LogP contribution in [-0.2, 0) is 11.2 Å². The van der Waals surface area contributed by atoms with Crippen LogP contribution in [0.4, 0.5) is 4.79 Å². The zero-order valence-electron chi connectivity index (χ0n) is 12.9. The molecular formula is C16H23NO3. The SMILES string of the molecule is COc1ccc2c(c1)CCN(C(=O)OC(C)(C)C)C2C. The fourth-order valence-corrected chi connectivity index (χ4v) is 2.51. The Morgan fingerprint density at radius 2 is 2.05 bits per heavy atom. The van der Waals surface area contributed by atoms with Crippen molar-refractivity contribution in [2.24, 2.45) is 0 Å². The zero-order chi connectivity index (χ0) is 14.9. The Hall–Kier alpha value is -1.71. The molecule has 1 atom stereocenters. The third-order valence-electron chi connectivity index (χ3n) is 3.52. The van der Waals surface area contributed by atoms with Crippen LogP contribution in [0.5, 0.6) is 5.75 Å². The van der Waals surface area contributed by atoms with Gasteiger partial charge in [-0.3, -0.25) is 0 Å². The topological polar surface area (TPSA) is 38.8 Å². The Kier molecular flexibility index (Phi) is 3.93. The minimum atomic E-state index is -0.461. The van der Waals surface area contributed by atoms with E-state index in [1.54, 1.807) is 12.0 Å². The second kappa shape index (κ2) is 5.35. The van der Waals surface area contributed by atoms with Crippen LogP contribution in [0, 0.1) is 0 Å². The van der Waals surface area contributed by atoms with E-state index < -0.39 is 5.60 Å². The average molecular weight is 277 g/mol. The van der Waals surface area contributed by atoms with E-state index >= 15 is 0 Å². The molecular weight excluding hydrogens is 254 g/mol. The monoisotopic (exact) mass is 277 g/mol. The number of carbonyl (C=O) groups excluding carboxylic acids is 1. The van der Waals surface area contributed by atoms with Gasteiger partial charge in [0.25, 0.3) is 0 Å². The number of benzene rings is 1. The van der Waals surface area contributed by atoms with Gasteiger partial charge in [-0.15, -0.1) is 0 Å². The van der Waals surface area contributed by atoms with Gasteiger partial charge in [-0.25, -0.2) is 4.79 Å². The normalized spacial score (nSPS) is 18.4. The van der Waals surface area contributed by atoms with E-state index in [4.69, 9.17) is 9.47 Å². The number of methoxy groups -OCH3 is 1. The van der Waals surface area contributed by atoms with E-state index in [-0.39, 0.29) is 12.1 Å². The molecule has 20 heavy (non-hydrogen) atoms. The van der Waals surface area contributed by atoms with Crippen LogP contribution in [0.15, 0.2) is 18.2 Å². The fraction of sp³-hybridized carbons (Fsp3) is 0.562. The molecule has 1 amide bonds. The summed E-state index contributed by atoms with van der Waals surface area (Å²) in [5.74, 6) is 0.863. The zero-order valence-corrected chi connectivity index (χ0v) is 12.9. The first-order chi connectivity index (χ1) is 9.31. The van der Waals surface area contributed by atoms with Gasteiger partial charge in [-0.05, 0) is 57.4 Å². The molecule has 0 bridgehead atoms. The predicted molar refractivity (Wildman–Crippen MR) is 78.1 cm³/mol. The summed E-state index contributed by atoms with van der Waals surface area (Å²) in [6.07, 6.45) is 0.585. The number of amides is 1. The maximum Gasteiger partial charge on any atom is 0.410 e. The molecule has 4 heteroatoms. The molecule has 4 nitrogen and oxygen atoms in total. The molecule has 0 saturated carbocycles. The van der Waals surface area contributed by atoms with Gasteiger partial charge in [0.2, 0.25) is 0 Å². The smallest absolute Gasteiger partial charge is 0.410 e. The van der Waals surface area contributed by atoms with E-state index in [9.17, 15) is 4.79 Å². The molecule has 1 aromatic carbocycles. The summed E-state index contributed by atoms with van der Waals surface area (Å²) in [6.45, 7) is 8.37. The van der Waals surface area contributed by atoms with Gasteiger partial charge in [0.15, 0.2) is 0 Å². The van der Waals surface area contributed by atoms with Crippen molar-refractivity contribution in [3.05, 3.63) is 29.3 Å². The van der Waals surface area contributed by atoms with Crippen LogP contribution in [0.2, 0.25) is 0 Å². The lowest BCUT2D eigenvalue weighted by Gasteiger charge is -2.36. The highest BCUT2D eigenvalue weighted by Crippen LogP contribution is 2.32. The first-order valence-electron chi connectivity index (χ1n) is 6.98. The van der Waals surface area contributed by atoms with Gasteiger partial charge in [0, 0.05) is 6.54 Å². The molecule has 1 aliphatic heterocycles. The Morgan fingerprint density at radius 1 is 1.35 bits per heavy atom. The molecule has 0 aliphatic carbocycles. The molecule has 1 unspecified atom stereocenters. The van der Waals surface area contributed by atoms with Gasteiger partial charge in [0.05, 0.1) is 13.2 Å². The molecule has 1 heterocycles. The second-order valence-electron chi connectivity index (χ2n) is 6.16. The van der Waals surface area contributed by atoms with Gasteiger partial charge >= 0.3 is 6.09 Å². The number of nitrogens with zero attached hydrogens (tertiary/aromatic N) is 1. The van der Waals surface area contributed by atoms with Gasteiger partial charge in [0.1, 0.15) is 11.4 Å². The molecule has 0 aromatic heterocycles. The van der Waals surface area contributed by atoms with Crippen molar-refractivity contribution >= 4 is 6.09 Å². The lowest BCUT2D eigenvalue weighted by atomic mass is 9.93. The Morgan fingerprint density at radius 3 is 2.65 bits per heavy atom. The Labute approximate surface area is 120 Å². The van der Waals surface area contributed by atoms with Crippen LogP contribution in [0.1, 0.15) is 44.9 Å². The van der Waals surface area contributed by atoms with Gasteiger partial charge < -0.3 is 14.4 Å². The van der Waals surface area contributed by atoms with Crippen molar-refractivity contribution in [3.8, 4) is 5.75 Å². The minimum Gasteiger partial charge on any atom is -0.497 e. The first-order valence-corrected chi connectivity index (χ1v) is 6.98. The van der Waals surface area contributed by atoms with Gasteiger partial charge in [-0.2, -0.15) is 0 Å². The molecule has 0 fully saturated rings. The third kappa shape index (κ3) is 3.06. The Balaban J connectivity index is 2.19. The number of rotatable bonds is 1. The van der Waals surface area contributed by atoms with Crippen LogP contribution < -0.4 is 4.74 Å². The molecule has 2 rings (SSSR count). The van der Waals surface area contributed by atoms with Crippen molar-refractivity contribution in [1.82, 2.24) is 4.90 Å². The lowest BCUT2D eigenvalue weighted by molar-refractivity contribution is 0.0159. The standard InChI is InChI=1S/C16H23NO3/c1-11-14-7-6-13(19-5)10-12(14)8-9-17(11)15(18)20-16(2,3)4/h6-7,10-11H,8-9H2,1-5H3. The molecule has 0 radical (unpaired) electrons. The van der Waals surface area contributed by atoms with Crippen molar-refractivity contribution < 1.29 is 14.3 Å². The summed E-state index contributed by atoms with van der Waals surface area (Å²) in [6, 6.07) is 6.06. The number of hydrogen-bond acceptors (Lipinski definition) is 3. The first kappa shape index (κ1) is 14.7. The molecule has 1 aromatic rings. The highest BCUT2D eigenvalue weighted by Gasteiger charge is 2.30. The molecule has 0 saturated heterocycles. The molecule has 1 aliphatic rings. The van der Waals surface area contributed by atoms with Crippen LogP contribution in [0.3, 0.4) is 0 Å². The van der Waals surface area contributed by atoms with Crippen molar-refractivity contribution in [3.63, 3.8) is 0 Å². The van der Waals surface area contributed by atoms with E-state index in [0.717, 1.165) is 12.2 Å². The number of ether oxygens (including phenoxy) is 2. The van der Waals surface area contributed by atoms with E-state index in [2.05, 4.69) is 6.07 Å². The van der Waals surface area contributed by atoms with Crippen molar-refractivity contribution in [2.45, 2.75) is 45.8 Å². The molecule has 110 valence electrons. The summed E-state index contributed by atoms with van der Waals surface area (Å²) < 4.78 is 10.7. The molecule has 0 spiro atoms. The maximum absolute atomic E-state index is 12.2. The maximum atomic E-state index is 12.2. The van der Waals surface area contributed by atoms with Gasteiger partial charge in [-0.1, -0.05) is 6.07 Å². The quantitative estimate of drug-likeness (QED) is 0.788. The summed E-state index contributed by atoms with van der Waals surface area (Å²) >= 11 is 0. The van der Waals surface area contributed by atoms with E-state index in [1.165, 1.54) is 11.1 Å². The van der Waals surface area contributed by atoms with Crippen LogP contribution >= 0.6 is 0 Å². The summed E-state index contributed by atoms with van der Waals surface area (Å²) in [5.41, 5.74) is 1.95. The number of fused-ring (bicyclic) bond motifs is 1. The van der Waals surface area contributed by atoms with Crippen molar-refractivity contribution in [1.29, 1.82) is 0 Å². The van der Waals surface area contributed by atoms with Crippen LogP contribution in [-0.4, -0.2) is 30.2 Å². The average Bonchev–Trinajstić information content (AvgIpc) is 2.36. The summed E-state index contributed by atoms with van der Waals surface area (Å²) in [7, 11) is 1.67. The third-order valence-corrected chi connectivity index (χ3v) is 3.52. The number of carbonyl (C=O) groups is 1. The second-order valence-corrected chi connectivity index (χ2v) is 6.16. The fourth-order valence-electron chi connectivity index (χ4n) is 2.51. The minimum absolute atomic E-state index is 0.0273. The summed E-state index contributed by atoms with van der Waals surface area (Å²) in [4.78, 5) is 14.0. The lowest BCUT2D eigenvalue weighted by Crippen LogP contribution is -2.42. The van der Waals surface area contributed by atoms with E-state index in [0.29, 0.717) is 6.54 Å². The van der Waals surface area contributed by atoms with E-state index in [1.807, 2.05) is 39.8 Å². The van der Waals surface area contributed by atoms with Crippen LogP contribution in [0.25, 0.3) is 0 Å². The highest BCUT2D eigenvalue weighted by molar-refractivity contribution is 5.69. The predicted octanol–water partition coefficient (Wildman–Crippen LogP) is 3.55. The molecule has 0 N–H and O–H groups in total. The largest absolute Gasteiger partial charge is 0.497 e.